The van der Waals surface area contributed by atoms with Crippen LogP contribution in [0.25, 0.3) is 0 Å². The van der Waals surface area contributed by atoms with Crippen LogP contribution in [0, 0.1) is 5.92 Å². The van der Waals surface area contributed by atoms with Crippen LogP contribution in [0.4, 0.5) is 0 Å². The number of aromatic amines is 1. The molecular formula is C27H38N4O3. The summed E-state index contributed by atoms with van der Waals surface area (Å²) in [5.41, 5.74) is 2.11. The van der Waals surface area contributed by atoms with Crippen molar-refractivity contribution in [1.29, 1.82) is 0 Å². The first-order valence-electron chi connectivity index (χ1n) is 12.9. The van der Waals surface area contributed by atoms with Gasteiger partial charge in [0, 0.05) is 55.1 Å². The number of piperidine rings is 1. The molecule has 184 valence electrons. The molecule has 1 N–H and O–H groups in total. The molecule has 1 aliphatic heterocycles. The number of rotatable bonds is 9. The second kappa shape index (κ2) is 10.4. The second-order valence-electron chi connectivity index (χ2n) is 10.2. The van der Waals surface area contributed by atoms with Gasteiger partial charge in [0.25, 0.3) is 0 Å². The van der Waals surface area contributed by atoms with Crippen LogP contribution in [0.1, 0.15) is 62.6 Å². The summed E-state index contributed by atoms with van der Waals surface area (Å²) in [5.74, 6) is 2.56. The lowest BCUT2D eigenvalue weighted by molar-refractivity contribution is -0.144. The molecule has 2 saturated carbocycles. The van der Waals surface area contributed by atoms with Crippen molar-refractivity contribution in [2.45, 2.75) is 82.5 Å². The summed E-state index contributed by atoms with van der Waals surface area (Å²) in [7, 11) is 3.37. The highest BCUT2D eigenvalue weighted by molar-refractivity contribution is 5.83. The Morgan fingerprint density at radius 2 is 1.97 bits per heavy atom. The smallest absolute Gasteiger partial charge is 0.240 e. The second-order valence-corrected chi connectivity index (χ2v) is 10.2. The minimum absolute atomic E-state index is 0.208. The number of nitrogens with zero attached hydrogens (tertiary/aromatic N) is 3. The number of H-pyrrole nitrogens is 1. The minimum Gasteiger partial charge on any atom is -0.497 e. The summed E-state index contributed by atoms with van der Waals surface area (Å²) in [4.78, 5) is 26.5. The van der Waals surface area contributed by atoms with E-state index in [9.17, 15) is 4.79 Å². The van der Waals surface area contributed by atoms with Crippen molar-refractivity contribution >= 4 is 5.91 Å². The van der Waals surface area contributed by atoms with Crippen molar-refractivity contribution in [2.24, 2.45) is 5.92 Å². The van der Waals surface area contributed by atoms with E-state index >= 15 is 0 Å². The zero-order valence-corrected chi connectivity index (χ0v) is 20.5. The van der Waals surface area contributed by atoms with Crippen LogP contribution in [0.15, 0.2) is 30.7 Å². The van der Waals surface area contributed by atoms with Gasteiger partial charge in [-0.15, -0.1) is 0 Å². The maximum Gasteiger partial charge on any atom is 0.240 e. The lowest BCUT2D eigenvalue weighted by Gasteiger charge is -2.46. The number of methoxy groups -OCH3 is 2. The Bertz CT molecular complexity index is 957. The van der Waals surface area contributed by atoms with Crippen LogP contribution in [-0.4, -0.2) is 64.6 Å². The van der Waals surface area contributed by atoms with E-state index in [0.29, 0.717) is 36.9 Å². The predicted molar refractivity (Wildman–Crippen MR) is 131 cm³/mol. The fourth-order valence-corrected chi connectivity index (χ4v) is 6.12. The van der Waals surface area contributed by atoms with Crippen LogP contribution in [0.3, 0.4) is 0 Å². The van der Waals surface area contributed by atoms with Crippen LogP contribution >= 0.6 is 0 Å². The first kappa shape index (κ1) is 23.2. The number of carbonyl (C=O) groups is 1. The predicted octanol–water partition coefficient (Wildman–Crippen LogP) is 4.18. The third-order valence-electron chi connectivity index (χ3n) is 8.04. The monoisotopic (exact) mass is 466 g/mol. The molecule has 0 spiro atoms. The van der Waals surface area contributed by atoms with Crippen LogP contribution in [0.2, 0.25) is 0 Å². The van der Waals surface area contributed by atoms with Gasteiger partial charge in [0.2, 0.25) is 5.91 Å². The molecule has 2 aliphatic carbocycles. The van der Waals surface area contributed by atoms with E-state index in [-0.39, 0.29) is 6.04 Å². The molecule has 1 saturated heterocycles. The third kappa shape index (κ3) is 4.95. The highest BCUT2D eigenvalue weighted by Crippen LogP contribution is 2.38. The molecule has 3 atom stereocenters. The molecule has 1 aromatic heterocycles. The molecule has 0 radical (unpaired) electrons. The zero-order valence-electron chi connectivity index (χ0n) is 20.5. The maximum atomic E-state index is 14.3. The molecular weight excluding hydrogens is 428 g/mol. The number of imidazole rings is 1. The van der Waals surface area contributed by atoms with E-state index in [1.54, 1.807) is 20.5 Å². The van der Waals surface area contributed by atoms with Gasteiger partial charge < -0.3 is 19.4 Å². The lowest BCUT2D eigenvalue weighted by Crippen LogP contribution is -2.57. The van der Waals surface area contributed by atoms with Gasteiger partial charge in [0.15, 0.2) is 0 Å². The first-order chi connectivity index (χ1) is 16.7. The highest BCUT2D eigenvalue weighted by Gasteiger charge is 2.43. The van der Waals surface area contributed by atoms with Crippen molar-refractivity contribution in [3.63, 3.8) is 0 Å². The number of aromatic nitrogens is 2. The topological polar surface area (TPSA) is 70.7 Å². The van der Waals surface area contributed by atoms with Gasteiger partial charge in [0.05, 0.1) is 26.6 Å². The average Bonchev–Trinajstić information content (AvgIpc) is 3.60. The molecule has 5 rings (SSSR count). The Morgan fingerprint density at radius 3 is 2.71 bits per heavy atom. The number of hydrogen-bond donors (Lipinski definition) is 1. The van der Waals surface area contributed by atoms with Gasteiger partial charge in [-0.2, -0.15) is 0 Å². The van der Waals surface area contributed by atoms with Gasteiger partial charge in [0.1, 0.15) is 11.5 Å². The fraction of sp³-hybridized carbons (Fsp3) is 0.630. The molecule has 0 bridgehead atoms. The van der Waals surface area contributed by atoms with E-state index in [4.69, 9.17) is 9.47 Å². The normalized spacial score (nSPS) is 23.4. The summed E-state index contributed by atoms with van der Waals surface area (Å²) < 4.78 is 11.1. The van der Waals surface area contributed by atoms with Crippen molar-refractivity contribution in [1.82, 2.24) is 19.8 Å². The molecule has 0 unspecified atom stereocenters. The van der Waals surface area contributed by atoms with Crippen LogP contribution in [-0.2, 0) is 17.8 Å². The van der Waals surface area contributed by atoms with Crippen molar-refractivity contribution in [3.8, 4) is 11.5 Å². The number of benzene rings is 1. The minimum atomic E-state index is -0.208. The Kier molecular flexibility index (Phi) is 7.09. The summed E-state index contributed by atoms with van der Waals surface area (Å²) in [6.45, 7) is 1.58. The number of carbonyl (C=O) groups excluding carboxylic acids is 1. The van der Waals surface area contributed by atoms with Crippen molar-refractivity contribution in [3.05, 3.63) is 42.0 Å². The molecule has 1 aromatic carbocycles. The number of amides is 1. The summed E-state index contributed by atoms with van der Waals surface area (Å²) in [5, 5.41) is 0. The van der Waals surface area contributed by atoms with E-state index in [1.807, 2.05) is 18.3 Å². The number of nitrogens with one attached hydrogen (secondary N) is 1. The van der Waals surface area contributed by atoms with Gasteiger partial charge in [-0.3, -0.25) is 9.69 Å². The molecule has 2 heterocycles. The van der Waals surface area contributed by atoms with E-state index in [2.05, 4.69) is 25.8 Å². The first-order valence-corrected chi connectivity index (χ1v) is 12.9. The highest BCUT2D eigenvalue weighted by atomic mass is 16.5. The fourth-order valence-electron chi connectivity index (χ4n) is 6.12. The number of fused-ring (bicyclic) bond motifs is 1. The molecule has 3 fully saturated rings. The van der Waals surface area contributed by atoms with Crippen molar-refractivity contribution < 1.29 is 14.3 Å². The van der Waals surface area contributed by atoms with E-state index in [0.717, 1.165) is 55.0 Å². The Balaban J connectivity index is 1.44. The van der Waals surface area contributed by atoms with Crippen LogP contribution in [0.5, 0.6) is 11.5 Å². The summed E-state index contributed by atoms with van der Waals surface area (Å²) in [6, 6.07) is 6.62. The lowest BCUT2D eigenvalue weighted by atomic mass is 9.78. The molecule has 3 aliphatic rings. The van der Waals surface area contributed by atoms with Gasteiger partial charge in [-0.1, -0.05) is 18.9 Å². The van der Waals surface area contributed by atoms with E-state index in [1.165, 1.54) is 25.7 Å². The third-order valence-corrected chi connectivity index (χ3v) is 8.04. The summed E-state index contributed by atoms with van der Waals surface area (Å²) in [6.07, 6.45) is 13.9. The molecule has 2 aromatic rings. The summed E-state index contributed by atoms with van der Waals surface area (Å²) >= 11 is 0. The van der Waals surface area contributed by atoms with Crippen molar-refractivity contribution in [2.75, 3.05) is 20.8 Å². The van der Waals surface area contributed by atoms with Crippen LogP contribution < -0.4 is 9.47 Å². The Hall–Kier alpha value is -2.54. The number of hydrogen-bond acceptors (Lipinski definition) is 5. The Morgan fingerprint density at radius 1 is 1.15 bits per heavy atom. The molecule has 34 heavy (non-hydrogen) atoms. The van der Waals surface area contributed by atoms with Gasteiger partial charge >= 0.3 is 0 Å². The Labute approximate surface area is 202 Å². The number of likely N-dealkylation sites (tertiary alicyclic amines) is 1. The SMILES string of the molecule is COc1ccc(CN(C2CC2)[C@H](Cc2cnc[nH]2)C(=O)N2CCC[C@H]3CCCC[C@@H]32)c(OC)c1. The maximum absolute atomic E-state index is 14.3. The van der Waals surface area contributed by atoms with E-state index < -0.39 is 0 Å². The standard InChI is InChI=1S/C27H38N4O3/c1-33-23-12-9-20(26(15-23)34-2)17-31(22-10-11-22)25(14-21-16-28-18-29-21)27(32)30-13-5-7-19-6-3-4-8-24(19)30/h9,12,15-16,18-19,22,24-25H,3-8,10-11,13-14,17H2,1-2H3,(H,28,29)/t19-,24+,25-/m1/s1. The number of ether oxygens (including phenoxy) is 2. The van der Waals surface area contributed by atoms with Gasteiger partial charge in [-0.25, -0.2) is 4.98 Å². The molecule has 7 heteroatoms. The average molecular weight is 467 g/mol. The largest absolute Gasteiger partial charge is 0.497 e. The quantitative estimate of drug-likeness (QED) is 0.600. The zero-order chi connectivity index (χ0) is 23.5. The van der Waals surface area contributed by atoms with Gasteiger partial charge in [-0.05, 0) is 50.5 Å². The molecule has 7 nitrogen and oxygen atoms in total. The molecule has 1 amide bonds.